The third kappa shape index (κ3) is 3.98. The van der Waals surface area contributed by atoms with Gasteiger partial charge in [-0.15, -0.1) is 0 Å². The van der Waals surface area contributed by atoms with Crippen molar-refractivity contribution >= 4 is 17.7 Å². The predicted molar refractivity (Wildman–Crippen MR) is 70.6 cm³/mol. The SMILES string of the molecule is CCC[C@@H](N)C(=O)NC1CCCC1SCC. The molecule has 1 fully saturated rings. The molecule has 16 heavy (non-hydrogen) atoms. The second-order valence-corrected chi connectivity index (χ2v) is 5.95. The number of carbonyl (C=O) groups is 1. The molecule has 0 heterocycles. The van der Waals surface area contributed by atoms with E-state index in [0.717, 1.165) is 25.0 Å². The Bertz CT molecular complexity index is 223. The van der Waals surface area contributed by atoms with E-state index in [1.807, 2.05) is 11.8 Å². The van der Waals surface area contributed by atoms with Crippen LogP contribution in [0.25, 0.3) is 0 Å². The summed E-state index contributed by atoms with van der Waals surface area (Å²) < 4.78 is 0. The molecule has 1 saturated carbocycles. The van der Waals surface area contributed by atoms with Crippen molar-refractivity contribution in [3.63, 3.8) is 0 Å². The first-order valence-electron chi connectivity index (χ1n) is 6.36. The van der Waals surface area contributed by atoms with Crippen molar-refractivity contribution in [2.24, 2.45) is 5.73 Å². The first-order valence-corrected chi connectivity index (χ1v) is 7.41. The third-order valence-electron chi connectivity index (χ3n) is 3.10. The molecule has 0 saturated heterocycles. The number of rotatable bonds is 6. The smallest absolute Gasteiger partial charge is 0.237 e. The maximum Gasteiger partial charge on any atom is 0.237 e. The van der Waals surface area contributed by atoms with Crippen LogP contribution < -0.4 is 11.1 Å². The van der Waals surface area contributed by atoms with Gasteiger partial charge in [0, 0.05) is 11.3 Å². The van der Waals surface area contributed by atoms with Crippen LogP contribution in [0.2, 0.25) is 0 Å². The Hall–Kier alpha value is -0.220. The molecule has 3 atom stereocenters. The molecule has 1 rings (SSSR count). The minimum Gasteiger partial charge on any atom is -0.351 e. The van der Waals surface area contributed by atoms with Crippen molar-refractivity contribution in [1.29, 1.82) is 0 Å². The molecule has 0 aromatic carbocycles. The van der Waals surface area contributed by atoms with Gasteiger partial charge < -0.3 is 11.1 Å². The monoisotopic (exact) mass is 244 g/mol. The van der Waals surface area contributed by atoms with Crippen molar-refractivity contribution < 1.29 is 4.79 Å². The normalized spacial score (nSPS) is 26.7. The van der Waals surface area contributed by atoms with Crippen molar-refractivity contribution in [3.05, 3.63) is 0 Å². The summed E-state index contributed by atoms with van der Waals surface area (Å²) in [5.74, 6) is 1.16. The van der Waals surface area contributed by atoms with Gasteiger partial charge in [0.05, 0.1) is 6.04 Å². The summed E-state index contributed by atoms with van der Waals surface area (Å²) >= 11 is 1.96. The lowest BCUT2D eigenvalue weighted by atomic mass is 10.1. The second-order valence-electron chi connectivity index (χ2n) is 4.43. The molecule has 3 N–H and O–H groups in total. The number of carbonyl (C=O) groups excluding carboxylic acids is 1. The fourth-order valence-corrected chi connectivity index (χ4v) is 3.43. The Morgan fingerprint density at radius 1 is 1.50 bits per heavy atom. The Morgan fingerprint density at radius 3 is 2.88 bits per heavy atom. The van der Waals surface area contributed by atoms with Crippen LogP contribution in [-0.2, 0) is 4.79 Å². The number of amides is 1. The molecular weight excluding hydrogens is 220 g/mol. The summed E-state index contributed by atoms with van der Waals surface area (Å²) in [5, 5.41) is 3.71. The molecule has 0 bridgehead atoms. The lowest BCUT2D eigenvalue weighted by Crippen LogP contribution is -2.47. The van der Waals surface area contributed by atoms with Gasteiger partial charge in [-0.1, -0.05) is 26.7 Å². The van der Waals surface area contributed by atoms with Crippen LogP contribution in [0.3, 0.4) is 0 Å². The lowest BCUT2D eigenvalue weighted by Gasteiger charge is -2.22. The Labute approximate surface area is 103 Å². The van der Waals surface area contributed by atoms with Crippen LogP contribution in [0, 0.1) is 0 Å². The first kappa shape index (κ1) is 13.8. The van der Waals surface area contributed by atoms with Gasteiger partial charge in [-0.05, 0) is 25.0 Å². The molecular formula is C12H24N2OS. The highest BCUT2D eigenvalue weighted by molar-refractivity contribution is 7.99. The number of thioether (sulfide) groups is 1. The van der Waals surface area contributed by atoms with E-state index in [0.29, 0.717) is 11.3 Å². The molecule has 0 aromatic heterocycles. The van der Waals surface area contributed by atoms with E-state index >= 15 is 0 Å². The number of nitrogens with two attached hydrogens (primary N) is 1. The average molecular weight is 244 g/mol. The maximum atomic E-state index is 11.8. The molecule has 2 unspecified atom stereocenters. The highest BCUT2D eigenvalue weighted by atomic mass is 32.2. The Morgan fingerprint density at radius 2 is 2.25 bits per heavy atom. The van der Waals surface area contributed by atoms with Crippen molar-refractivity contribution in [3.8, 4) is 0 Å². The van der Waals surface area contributed by atoms with Crippen LogP contribution in [-0.4, -0.2) is 29.0 Å². The zero-order valence-electron chi connectivity index (χ0n) is 10.4. The van der Waals surface area contributed by atoms with Crippen LogP contribution in [0.1, 0.15) is 46.0 Å². The Kier molecular flexibility index (Phi) is 6.21. The highest BCUT2D eigenvalue weighted by Gasteiger charge is 2.29. The van der Waals surface area contributed by atoms with Gasteiger partial charge in [-0.25, -0.2) is 0 Å². The summed E-state index contributed by atoms with van der Waals surface area (Å²) in [7, 11) is 0. The molecule has 94 valence electrons. The highest BCUT2D eigenvalue weighted by Crippen LogP contribution is 2.29. The van der Waals surface area contributed by atoms with Crippen molar-refractivity contribution in [2.45, 2.75) is 63.3 Å². The van der Waals surface area contributed by atoms with E-state index < -0.39 is 0 Å². The first-order chi connectivity index (χ1) is 7.69. The quantitative estimate of drug-likeness (QED) is 0.750. The molecule has 4 heteroatoms. The molecule has 3 nitrogen and oxygen atoms in total. The van der Waals surface area contributed by atoms with E-state index in [4.69, 9.17) is 5.73 Å². The predicted octanol–water partition coefficient (Wildman–Crippen LogP) is 1.90. The van der Waals surface area contributed by atoms with E-state index in [9.17, 15) is 4.79 Å². The fraction of sp³-hybridized carbons (Fsp3) is 0.917. The van der Waals surface area contributed by atoms with Gasteiger partial charge in [0.15, 0.2) is 0 Å². The molecule has 0 aliphatic heterocycles. The molecule has 0 radical (unpaired) electrons. The zero-order chi connectivity index (χ0) is 12.0. The van der Waals surface area contributed by atoms with Gasteiger partial charge in [0.25, 0.3) is 0 Å². The van der Waals surface area contributed by atoms with Gasteiger partial charge in [0.2, 0.25) is 5.91 Å². The van der Waals surface area contributed by atoms with Crippen LogP contribution in [0.4, 0.5) is 0 Å². The number of hydrogen-bond donors (Lipinski definition) is 2. The number of nitrogens with one attached hydrogen (secondary N) is 1. The van der Waals surface area contributed by atoms with Crippen LogP contribution in [0.5, 0.6) is 0 Å². The van der Waals surface area contributed by atoms with Crippen LogP contribution in [0.15, 0.2) is 0 Å². The largest absolute Gasteiger partial charge is 0.351 e. The molecule has 0 aromatic rings. The summed E-state index contributed by atoms with van der Waals surface area (Å²) in [6.07, 6.45) is 5.32. The van der Waals surface area contributed by atoms with Gasteiger partial charge in [0.1, 0.15) is 0 Å². The van der Waals surface area contributed by atoms with E-state index in [-0.39, 0.29) is 11.9 Å². The summed E-state index contributed by atoms with van der Waals surface area (Å²) in [4.78, 5) is 11.8. The van der Waals surface area contributed by atoms with Gasteiger partial charge in [-0.3, -0.25) is 4.79 Å². The van der Waals surface area contributed by atoms with Gasteiger partial charge >= 0.3 is 0 Å². The summed E-state index contributed by atoms with van der Waals surface area (Å²) in [5.41, 5.74) is 5.81. The van der Waals surface area contributed by atoms with E-state index in [1.54, 1.807) is 0 Å². The van der Waals surface area contributed by atoms with Crippen molar-refractivity contribution in [2.75, 3.05) is 5.75 Å². The maximum absolute atomic E-state index is 11.8. The number of hydrogen-bond acceptors (Lipinski definition) is 3. The minimum atomic E-state index is -0.321. The molecule has 1 aliphatic rings. The lowest BCUT2D eigenvalue weighted by molar-refractivity contribution is -0.123. The zero-order valence-corrected chi connectivity index (χ0v) is 11.2. The second kappa shape index (κ2) is 7.17. The standard InChI is InChI=1S/C12H24N2OS/c1-3-6-9(13)12(15)14-10-7-5-8-11(10)16-4-2/h9-11H,3-8,13H2,1-2H3,(H,14,15)/t9-,10?,11?/m1/s1. The minimum absolute atomic E-state index is 0.0375. The van der Waals surface area contributed by atoms with Crippen LogP contribution >= 0.6 is 11.8 Å². The summed E-state index contributed by atoms with van der Waals surface area (Å²) in [6, 6.07) is 0.0261. The molecule has 1 aliphatic carbocycles. The van der Waals surface area contributed by atoms with E-state index in [2.05, 4.69) is 19.2 Å². The summed E-state index contributed by atoms with van der Waals surface area (Å²) in [6.45, 7) is 4.23. The molecule has 0 spiro atoms. The average Bonchev–Trinajstić information content (AvgIpc) is 2.67. The van der Waals surface area contributed by atoms with Gasteiger partial charge in [-0.2, -0.15) is 11.8 Å². The fourth-order valence-electron chi connectivity index (χ4n) is 2.24. The van der Waals surface area contributed by atoms with Crippen molar-refractivity contribution in [1.82, 2.24) is 5.32 Å². The molecule has 1 amide bonds. The Balaban J connectivity index is 2.37. The van der Waals surface area contributed by atoms with E-state index in [1.165, 1.54) is 12.8 Å². The topological polar surface area (TPSA) is 55.1 Å². The third-order valence-corrected chi connectivity index (χ3v) is 4.42.